The first kappa shape index (κ1) is 13.6. The number of H-pyrrole nitrogens is 1. The monoisotopic (exact) mass is 312 g/mol. The first-order valence-corrected chi connectivity index (χ1v) is 7.97. The van der Waals surface area contributed by atoms with E-state index in [9.17, 15) is 0 Å². The van der Waals surface area contributed by atoms with Crippen LogP contribution in [0.4, 0.5) is 0 Å². The van der Waals surface area contributed by atoms with Crippen molar-refractivity contribution in [3.63, 3.8) is 0 Å². The Morgan fingerprint density at radius 3 is 2.91 bits per heavy atom. The molecule has 6 heteroatoms. The molecule has 0 unspecified atom stereocenters. The Bertz CT molecular complexity index is 800. The zero-order valence-electron chi connectivity index (χ0n) is 12.2. The van der Waals surface area contributed by atoms with Crippen molar-refractivity contribution < 1.29 is 4.74 Å². The Morgan fingerprint density at radius 2 is 2.09 bits per heavy atom. The van der Waals surface area contributed by atoms with Crippen LogP contribution in [-0.2, 0) is 13.0 Å². The highest BCUT2D eigenvalue weighted by Gasteiger charge is 2.20. The Kier molecular flexibility index (Phi) is 3.48. The third-order valence-electron chi connectivity index (χ3n) is 3.93. The minimum Gasteiger partial charge on any atom is -0.497 e. The molecule has 4 rings (SSSR count). The second-order valence-electron chi connectivity index (χ2n) is 5.27. The number of aromatic nitrogens is 3. The topological polar surface area (TPSA) is 54.0 Å². The lowest BCUT2D eigenvalue weighted by molar-refractivity contribution is 0.414. The number of fused-ring (bicyclic) bond motifs is 3. The molecule has 2 aromatic heterocycles. The number of ether oxygens (including phenoxy) is 1. The molecular weight excluding hydrogens is 296 g/mol. The average molecular weight is 312 g/mol. The summed E-state index contributed by atoms with van der Waals surface area (Å²) in [6.45, 7) is 1.92. The van der Waals surface area contributed by atoms with E-state index < -0.39 is 0 Å². The first-order valence-electron chi connectivity index (χ1n) is 7.20. The summed E-state index contributed by atoms with van der Waals surface area (Å²) in [6, 6.07) is 8.18. The maximum atomic E-state index is 5.20. The molecule has 0 bridgehead atoms. The molecule has 3 heterocycles. The molecule has 0 aliphatic carbocycles. The van der Waals surface area contributed by atoms with Gasteiger partial charge >= 0.3 is 0 Å². The molecule has 0 radical (unpaired) electrons. The number of methoxy groups -OCH3 is 1. The number of hydrogen-bond donors (Lipinski definition) is 1. The highest BCUT2D eigenvalue weighted by molar-refractivity contribution is 7.97. The average Bonchev–Trinajstić information content (AvgIpc) is 3.04. The van der Waals surface area contributed by atoms with Crippen molar-refractivity contribution in [3.05, 3.63) is 47.8 Å². The summed E-state index contributed by atoms with van der Waals surface area (Å²) in [5, 5.41) is 8.19. The van der Waals surface area contributed by atoms with E-state index in [-0.39, 0.29) is 0 Å². The van der Waals surface area contributed by atoms with Gasteiger partial charge in [0.15, 0.2) is 5.65 Å². The van der Waals surface area contributed by atoms with E-state index in [1.807, 2.05) is 24.5 Å². The second kappa shape index (κ2) is 5.62. The molecule has 1 N–H and O–H groups in total. The Labute approximate surface area is 132 Å². The van der Waals surface area contributed by atoms with Gasteiger partial charge in [0.05, 0.1) is 13.3 Å². The quantitative estimate of drug-likeness (QED) is 0.753. The van der Waals surface area contributed by atoms with Gasteiger partial charge in [-0.3, -0.25) is 5.10 Å². The molecule has 0 atom stereocenters. The molecule has 0 amide bonds. The zero-order chi connectivity index (χ0) is 14.9. The van der Waals surface area contributed by atoms with Gasteiger partial charge in [-0.05, 0) is 53.8 Å². The van der Waals surface area contributed by atoms with Gasteiger partial charge in [0.1, 0.15) is 5.75 Å². The number of nitrogens with zero attached hydrogens (tertiary/aromatic N) is 3. The molecule has 1 aliphatic heterocycles. The molecule has 112 valence electrons. The summed E-state index contributed by atoms with van der Waals surface area (Å²) in [5.74, 6) is 0.889. The van der Waals surface area contributed by atoms with Crippen LogP contribution in [0.1, 0.15) is 11.1 Å². The predicted molar refractivity (Wildman–Crippen MR) is 86.9 cm³/mol. The van der Waals surface area contributed by atoms with Crippen molar-refractivity contribution in [1.82, 2.24) is 19.5 Å². The maximum Gasteiger partial charge on any atom is 0.155 e. The van der Waals surface area contributed by atoms with Gasteiger partial charge in [-0.1, -0.05) is 0 Å². The fourth-order valence-electron chi connectivity index (χ4n) is 2.79. The van der Waals surface area contributed by atoms with Crippen molar-refractivity contribution in [3.8, 4) is 5.75 Å². The Balaban J connectivity index is 1.53. The molecule has 5 nitrogen and oxygen atoms in total. The predicted octanol–water partition coefficient (Wildman–Crippen LogP) is 3.03. The summed E-state index contributed by atoms with van der Waals surface area (Å²) in [4.78, 5) is 5.67. The van der Waals surface area contributed by atoms with Crippen molar-refractivity contribution in [1.29, 1.82) is 0 Å². The zero-order valence-corrected chi connectivity index (χ0v) is 13.1. The Hall–Kier alpha value is -2.05. The lowest BCUT2D eigenvalue weighted by Crippen LogP contribution is -2.24. The number of hydrogen-bond acceptors (Lipinski definition) is 5. The normalized spacial score (nSPS) is 15.0. The van der Waals surface area contributed by atoms with Gasteiger partial charge in [0.2, 0.25) is 0 Å². The molecule has 1 aromatic carbocycles. The molecular formula is C16H16N4OS. The molecule has 0 saturated carbocycles. The minimum absolute atomic E-state index is 0.884. The van der Waals surface area contributed by atoms with Crippen LogP contribution >= 0.6 is 11.9 Å². The van der Waals surface area contributed by atoms with Gasteiger partial charge < -0.3 is 4.74 Å². The maximum absolute atomic E-state index is 5.20. The van der Waals surface area contributed by atoms with Gasteiger partial charge in [-0.15, -0.1) is 0 Å². The van der Waals surface area contributed by atoms with Crippen LogP contribution in [0.3, 0.4) is 0 Å². The number of aromatic amines is 1. The van der Waals surface area contributed by atoms with Crippen molar-refractivity contribution in [2.45, 2.75) is 17.9 Å². The number of rotatable bonds is 3. The second-order valence-corrected chi connectivity index (χ2v) is 6.44. The molecule has 0 fully saturated rings. The van der Waals surface area contributed by atoms with E-state index in [0.717, 1.165) is 36.3 Å². The lowest BCUT2D eigenvalue weighted by atomic mass is 10.0. The van der Waals surface area contributed by atoms with Crippen LogP contribution in [0.2, 0.25) is 0 Å². The van der Waals surface area contributed by atoms with Crippen molar-refractivity contribution in [2.24, 2.45) is 0 Å². The SMILES string of the molecule is COc1ccc(SN2CCc3c(cnc4[nH]ncc34)C2)cc1. The van der Waals surface area contributed by atoms with Crippen LogP contribution in [0, 0.1) is 0 Å². The van der Waals surface area contributed by atoms with E-state index >= 15 is 0 Å². The number of pyridine rings is 1. The summed E-state index contributed by atoms with van der Waals surface area (Å²) in [5.41, 5.74) is 3.56. The van der Waals surface area contributed by atoms with Crippen LogP contribution in [0.5, 0.6) is 5.75 Å². The summed E-state index contributed by atoms with van der Waals surface area (Å²) in [7, 11) is 1.69. The van der Waals surface area contributed by atoms with Gasteiger partial charge in [0, 0.05) is 29.6 Å². The Morgan fingerprint density at radius 1 is 1.23 bits per heavy atom. The van der Waals surface area contributed by atoms with E-state index in [1.165, 1.54) is 16.0 Å². The third-order valence-corrected chi connectivity index (χ3v) is 4.99. The van der Waals surface area contributed by atoms with Crippen molar-refractivity contribution in [2.75, 3.05) is 13.7 Å². The van der Waals surface area contributed by atoms with E-state index in [2.05, 4.69) is 31.6 Å². The highest BCUT2D eigenvalue weighted by atomic mass is 32.2. The molecule has 22 heavy (non-hydrogen) atoms. The third kappa shape index (κ3) is 2.44. The number of benzene rings is 1. The van der Waals surface area contributed by atoms with Gasteiger partial charge in [0.25, 0.3) is 0 Å². The summed E-state index contributed by atoms with van der Waals surface area (Å²) in [6.07, 6.45) is 4.88. The fraction of sp³-hybridized carbons (Fsp3) is 0.250. The fourth-order valence-corrected chi connectivity index (χ4v) is 3.73. The van der Waals surface area contributed by atoms with Gasteiger partial charge in [-0.25, -0.2) is 9.29 Å². The summed E-state index contributed by atoms with van der Waals surface area (Å²) >= 11 is 1.78. The summed E-state index contributed by atoms with van der Waals surface area (Å²) < 4.78 is 7.57. The molecule has 0 spiro atoms. The smallest absolute Gasteiger partial charge is 0.155 e. The first-order chi connectivity index (χ1) is 10.8. The van der Waals surface area contributed by atoms with Crippen molar-refractivity contribution >= 4 is 23.0 Å². The van der Waals surface area contributed by atoms with E-state index in [0.29, 0.717) is 0 Å². The number of nitrogens with one attached hydrogen (secondary N) is 1. The van der Waals surface area contributed by atoms with E-state index in [1.54, 1.807) is 19.1 Å². The molecule has 0 saturated heterocycles. The van der Waals surface area contributed by atoms with Crippen LogP contribution in [0.25, 0.3) is 11.0 Å². The standard InChI is InChI=1S/C16H16N4OS/c1-21-12-2-4-13(5-3-12)22-20-7-6-14-11(10-20)8-17-16-15(14)9-18-19-16/h2-5,8-9H,6-7,10H2,1H3,(H,17,18,19). The van der Waals surface area contributed by atoms with E-state index in [4.69, 9.17) is 4.74 Å². The van der Waals surface area contributed by atoms with Gasteiger partial charge in [-0.2, -0.15) is 5.10 Å². The largest absolute Gasteiger partial charge is 0.497 e. The van der Waals surface area contributed by atoms with Crippen LogP contribution in [0.15, 0.2) is 41.6 Å². The molecule has 3 aromatic rings. The lowest BCUT2D eigenvalue weighted by Gasteiger charge is -2.27. The van der Waals surface area contributed by atoms with Crippen LogP contribution < -0.4 is 4.74 Å². The van der Waals surface area contributed by atoms with Crippen LogP contribution in [-0.4, -0.2) is 33.1 Å². The minimum atomic E-state index is 0.884. The molecule has 1 aliphatic rings. The highest BCUT2D eigenvalue weighted by Crippen LogP contribution is 2.32.